The zero-order chi connectivity index (χ0) is 19.8. The molecular weight excluding hydrogens is 350 g/mol. The fourth-order valence-corrected chi connectivity index (χ4v) is 3.21. The Bertz CT molecular complexity index is 931. The topological polar surface area (TPSA) is 101 Å². The molecule has 1 aliphatic rings. The normalized spacial score (nSPS) is 15.3. The SMILES string of the molecule is COC(=O)c1cccc(CC(C)(C(=O)O)N2C(=O)c3ccccc3C2=O)c1. The highest BCUT2D eigenvalue weighted by Gasteiger charge is 2.50. The second-order valence-corrected chi connectivity index (χ2v) is 6.44. The van der Waals surface area contributed by atoms with Crippen LogP contribution in [-0.2, 0) is 16.0 Å². The van der Waals surface area contributed by atoms with E-state index in [1.54, 1.807) is 24.3 Å². The molecule has 2 aromatic carbocycles. The average molecular weight is 367 g/mol. The lowest BCUT2D eigenvalue weighted by molar-refractivity contribution is -0.147. The average Bonchev–Trinajstić information content (AvgIpc) is 2.92. The molecule has 0 aromatic heterocycles. The molecule has 138 valence electrons. The van der Waals surface area contributed by atoms with Gasteiger partial charge < -0.3 is 9.84 Å². The predicted molar refractivity (Wildman–Crippen MR) is 94.5 cm³/mol. The fourth-order valence-electron chi connectivity index (χ4n) is 3.21. The quantitative estimate of drug-likeness (QED) is 0.642. The van der Waals surface area contributed by atoms with Gasteiger partial charge in [-0.15, -0.1) is 0 Å². The highest BCUT2D eigenvalue weighted by molar-refractivity contribution is 6.23. The Morgan fingerprint density at radius 1 is 1.04 bits per heavy atom. The van der Waals surface area contributed by atoms with Crippen molar-refractivity contribution in [3.8, 4) is 0 Å². The van der Waals surface area contributed by atoms with E-state index in [4.69, 9.17) is 0 Å². The maximum absolute atomic E-state index is 12.7. The van der Waals surface area contributed by atoms with E-state index in [0.29, 0.717) is 5.56 Å². The van der Waals surface area contributed by atoms with E-state index in [2.05, 4.69) is 4.74 Å². The van der Waals surface area contributed by atoms with Crippen LogP contribution in [0.3, 0.4) is 0 Å². The summed E-state index contributed by atoms with van der Waals surface area (Å²) >= 11 is 0. The van der Waals surface area contributed by atoms with Crippen molar-refractivity contribution in [2.45, 2.75) is 18.9 Å². The summed E-state index contributed by atoms with van der Waals surface area (Å²) in [6.07, 6.45) is -0.154. The Balaban J connectivity index is 2.01. The molecule has 7 nitrogen and oxygen atoms in total. The minimum absolute atomic E-state index is 0.154. The summed E-state index contributed by atoms with van der Waals surface area (Å²) in [5, 5.41) is 9.86. The number of hydrogen-bond donors (Lipinski definition) is 1. The van der Waals surface area contributed by atoms with Gasteiger partial charge >= 0.3 is 11.9 Å². The lowest BCUT2D eigenvalue weighted by Gasteiger charge is -2.33. The molecule has 27 heavy (non-hydrogen) atoms. The first-order valence-corrected chi connectivity index (χ1v) is 8.18. The Morgan fingerprint density at radius 2 is 1.63 bits per heavy atom. The Kier molecular flexibility index (Phi) is 4.53. The number of benzene rings is 2. The van der Waals surface area contributed by atoms with Crippen molar-refractivity contribution in [2.75, 3.05) is 7.11 Å². The number of esters is 1. The number of methoxy groups -OCH3 is 1. The first-order chi connectivity index (χ1) is 12.8. The third-order valence-electron chi connectivity index (χ3n) is 4.64. The number of rotatable bonds is 5. The first kappa shape index (κ1) is 18.3. The highest BCUT2D eigenvalue weighted by atomic mass is 16.5. The van der Waals surface area contributed by atoms with E-state index in [-0.39, 0.29) is 23.1 Å². The Morgan fingerprint density at radius 3 is 2.15 bits per heavy atom. The number of ether oxygens (including phenoxy) is 1. The summed E-state index contributed by atoms with van der Waals surface area (Å²) in [5.74, 6) is -3.18. The molecule has 2 aromatic rings. The van der Waals surface area contributed by atoms with Crippen LogP contribution in [0, 0.1) is 0 Å². The molecule has 0 radical (unpaired) electrons. The number of nitrogens with zero attached hydrogens (tertiary/aromatic N) is 1. The molecule has 0 spiro atoms. The van der Waals surface area contributed by atoms with E-state index in [0.717, 1.165) is 4.90 Å². The maximum atomic E-state index is 12.7. The molecule has 0 saturated heterocycles. The number of imide groups is 1. The van der Waals surface area contributed by atoms with Crippen LogP contribution in [0.1, 0.15) is 43.6 Å². The summed E-state index contributed by atoms with van der Waals surface area (Å²) in [7, 11) is 1.25. The molecule has 0 fully saturated rings. The van der Waals surface area contributed by atoms with E-state index in [1.165, 1.54) is 38.3 Å². The van der Waals surface area contributed by atoms with Gasteiger partial charge in [-0.25, -0.2) is 9.59 Å². The zero-order valence-electron chi connectivity index (χ0n) is 14.8. The monoisotopic (exact) mass is 367 g/mol. The van der Waals surface area contributed by atoms with Gasteiger partial charge in [0, 0.05) is 6.42 Å². The number of hydrogen-bond acceptors (Lipinski definition) is 5. The number of carboxylic acids is 1. The number of aliphatic carboxylic acids is 1. The molecule has 1 atom stereocenters. The third-order valence-corrected chi connectivity index (χ3v) is 4.64. The number of amides is 2. The van der Waals surface area contributed by atoms with E-state index in [9.17, 15) is 24.3 Å². The van der Waals surface area contributed by atoms with Crippen molar-refractivity contribution in [2.24, 2.45) is 0 Å². The van der Waals surface area contributed by atoms with Gasteiger partial charge in [-0.05, 0) is 36.8 Å². The molecule has 0 bridgehead atoms. The van der Waals surface area contributed by atoms with Gasteiger partial charge in [-0.3, -0.25) is 14.5 Å². The minimum atomic E-state index is -1.82. The summed E-state index contributed by atoms with van der Waals surface area (Å²) in [4.78, 5) is 50.1. The summed E-state index contributed by atoms with van der Waals surface area (Å²) in [5.41, 5.74) is -0.719. The van der Waals surface area contributed by atoms with Crippen LogP contribution in [0.2, 0.25) is 0 Å². The number of carboxylic acid groups (broad SMARTS) is 1. The van der Waals surface area contributed by atoms with Crippen molar-refractivity contribution >= 4 is 23.8 Å². The van der Waals surface area contributed by atoms with Crippen LogP contribution in [0.25, 0.3) is 0 Å². The number of carbonyl (C=O) groups excluding carboxylic acids is 3. The van der Waals surface area contributed by atoms with Gasteiger partial charge in [0.15, 0.2) is 0 Å². The van der Waals surface area contributed by atoms with E-state index < -0.39 is 29.3 Å². The molecule has 0 aliphatic carbocycles. The fraction of sp³-hybridized carbons (Fsp3) is 0.200. The molecule has 1 aliphatic heterocycles. The third kappa shape index (κ3) is 2.97. The van der Waals surface area contributed by atoms with Crippen LogP contribution in [-0.4, -0.2) is 46.4 Å². The van der Waals surface area contributed by atoms with Crippen LogP contribution in [0.15, 0.2) is 48.5 Å². The lowest BCUT2D eigenvalue weighted by atomic mass is 9.90. The van der Waals surface area contributed by atoms with Gasteiger partial charge in [0.1, 0.15) is 5.54 Å². The van der Waals surface area contributed by atoms with Gasteiger partial charge in [-0.2, -0.15) is 0 Å². The van der Waals surface area contributed by atoms with Gasteiger partial charge in [-0.1, -0.05) is 24.3 Å². The molecule has 1 heterocycles. The van der Waals surface area contributed by atoms with E-state index >= 15 is 0 Å². The summed E-state index contributed by atoms with van der Waals surface area (Å²) < 4.78 is 4.67. The van der Waals surface area contributed by atoms with Crippen molar-refractivity contribution in [3.63, 3.8) is 0 Å². The second kappa shape index (κ2) is 6.68. The largest absolute Gasteiger partial charge is 0.479 e. The molecule has 3 rings (SSSR count). The molecule has 2 amide bonds. The molecule has 1 unspecified atom stereocenters. The van der Waals surface area contributed by atoms with Crippen molar-refractivity contribution in [1.82, 2.24) is 4.90 Å². The standard InChI is InChI=1S/C20H17NO6/c1-20(19(25)26,11-12-6-5-7-13(10-12)18(24)27-2)21-16(22)14-8-3-4-9-15(14)17(21)23/h3-10H,11H2,1-2H3,(H,25,26). The number of carbonyl (C=O) groups is 4. The van der Waals surface area contributed by atoms with Gasteiger partial charge in [0.05, 0.1) is 23.8 Å². The maximum Gasteiger partial charge on any atom is 0.337 e. The van der Waals surface area contributed by atoms with E-state index in [1.807, 2.05) is 0 Å². The second-order valence-electron chi connectivity index (χ2n) is 6.44. The van der Waals surface area contributed by atoms with Crippen LogP contribution >= 0.6 is 0 Å². The molecular formula is C20H17NO6. The van der Waals surface area contributed by atoms with Gasteiger partial charge in [0.2, 0.25) is 0 Å². The lowest BCUT2D eigenvalue weighted by Crippen LogP contribution is -2.56. The summed E-state index contributed by atoms with van der Waals surface area (Å²) in [6.45, 7) is 1.32. The van der Waals surface area contributed by atoms with Crippen molar-refractivity contribution in [1.29, 1.82) is 0 Å². The molecule has 7 heteroatoms. The van der Waals surface area contributed by atoms with Crippen molar-refractivity contribution in [3.05, 3.63) is 70.8 Å². The smallest absolute Gasteiger partial charge is 0.337 e. The molecule has 1 N–H and O–H groups in total. The van der Waals surface area contributed by atoms with Crippen molar-refractivity contribution < 1.29 is 29.0 Å². The Labute approximate surface area is 155 Å². The highest BCUT2D eigenvalue weighted by Crippen LogP contribution is 2.32. The zero-order valence-corrected chi connectivity index (χ0v) is 14.8. The van der Waals surface area contributed by atoms with Crippen LogP contribution in [0.5, 0.6) is 0 Å². The number of fused-ring (bicyclic) bond motifs is 1. The van der Waals surface area contributed by atoms with Crippen LogP contribution in [0.4, 0.5) is 0 Å². The first-order valence-electron chi connectivity index (χ1n) is 8.18. The van der Waals surface area contributed by atoms with Gasteiger partial charge in [0.25, 0.3) is 11.8 Å². The van der Waals surface area contributed by atoms with Crippen LogP contribution < -0.4 is 0 Å². The summed E-state index contributed by atoms with van der Waals surface area (Å²) in [6, 6.07) is 12.5. The molecule has 0 saturated carbocycles. The Hall–Kier alpha value is -3.48. The minimum Gasteiger partial charge on any atom is -0.479 e. The predicted octanol–water partition coefficient (Wildman–Crippen LogP) is 2.16.